The molecular formula is C6H12N2O. The molecule has 1 aliphatic heterocycles. The van der Waals surface area contributed by atoms with Gasteiger partial charge in [0.15, 0.2) is 0 Å². The maximum Gasteiger partial charge on any atom is 0.129 e. The molecule has 1 saturated heterocycles. The highest BCUT2D eigenvalue weighted by Gasteiger charge is 2.35. The van der Waals surface area contributed by atoms with Crippen molar-refractivity contribution in [2.24, 2.45) is 0 Å². The topological polar surface area (TPSA) is 61.0 Å². The number of ketones is 1. The molecule has 0 spiro atoms. The normalized spacial score (nSPS) is 21.6. The molecule has 0 unspecified atom stereocenters. The summed E-state index contributed by atoms with van der Waals surface area (Å²) in [5, 5.41) is 0. The van der Waals surface area contributed by atoms with Crippen LogP contribution in [0.5, 0.6) is 0 Å². The van der Waals surface area contributed by atoms with Crippen molar-refractivity contribution in [2.45, 2.75) is 32.4 Å². The highest BCUT2D eigenvalue weighted by atomic mass is 16.1. The van der Waals surface area contributed by atoms with Crippen molar-refractivity contribution in [1.29, 1.82) is 0 Å². The summed E-state index contributed by atoms with van der Waals surface area (Å²) >= 11 is 0. The highest BCUT2D eigenvalue weighted by molar-refractivity contribution is 5.75. The molecule has 3 nitrogen and oxygen atoms in total. The summed E-state index contributed by atoms with van der Waals surface area (Å²) in [6.45, 7) is 3.65. The molecule has 1 aliphatic rings. The number of carbonyl (C=O) groups is 1. The van der Waals surface area contributed by atoms with Crippen molar-refractivity contribution in [1.82, 2.24) is 10.9 Å². The van der Waals surface area contributed by atoms with Gasteiger partial charge in [-0.05, 0) is 20.3 Å². The summed E-state index contributed by atoms with van der Waals surface area (Å²) in [6, 6.07) is 0. The van der Waals surface area contributed by atoms with Gasteiger partial charge in [-0.2, -0.15) is 0 Å². The monoisotopic (exact) mass is 128 g/mol. The second-order valence-electron chi connectivity index (χ2n) is 2.78. The van der Waals surface area contributed by atoms with Crippen molar-refractivity contribution in [3.8, 4) is 0 Å². The molecule has 0 atom stereocenters. The second kappa shape index (κ2) is 2.08. The van der Waals surface area contributed by atoms with E-state index in [4.69, 9.17) is 0 Å². The Hall–Kier alpha value is -0.410. The Bertz CT molecular complexity index is 129. The number of nitrogens with one attached hydrogen (secondary N) is 2. The van der Waals surface area contributed by atoms with Gasteiger partial charge in [-0.25, -0.2) is 10.9 Å². The van der Waals surface area contributed by atoms with E-state index in [1.807, 2.05) is 6.92 Å². The van der Waals surface area contributed by atoms with Crippen LogP contribution in [0.15, 0.2) is 0 Å². The van der Waals surface area contributed by atoms with Crippen molar-refractivity contribution in [2.75, 3.05) is 0 Å². The van der Waals surface area contributed by atoms with Gasteiger partial charge >= 0.3 is 0 Å². The standard InChI is InChI=1S/C6H12N2O/c1-5(9)3-4-6(2)7-8-6/h7-8H,3-4H2,1-2H3. The van der Waals surface area contributed by atoms with Crippen LogP contribution in [0.25, 0.3) is 0 Å². The lowest BCUT2D eigenvalue weighted by atomic mass is 10.1. The van der Waals surface area contributed by atoms with E-state index < -0.39 is 0 Å². The van der Waals surface area contributed by atoms with E-state index >= 15 is 0 Å². The van der Waals surface area contributed by atoms with Crippen LogP contribution >= 0.6 is 0 Å². The smallest absolute Gasteiger partial charge is 0.129 e. The molecule has 1 fully saturated rings. The predicted molar refractivity (Wildman–Crippen MR) is 34.6 cm³/mol. The zero-order valence-electron chi connectivity index (χ0n) is 5.82. The van der Waals surface area contributed by atoms with Gasteiger partial charge in [-0.15, -0.1) is 0 Å². The number of hydrazine groups is 1. The average Bonchev–Trinajstić information content (AvgIpc) is 2.45. The molecule has 0 bridgehead atoms. The molecule has 0 amide bonds. The van der Waals surface area contributed by atoms with Crippen LogP contribution in [0.1, 0.15) is 26.7 Å². The summed E-state index contributed by atoms with van der Waals surface area (Å²) in [6.07, 6.45) is 1.55. The molecule has 3 heteroatoms. The molecule has 52 valence electrons. The maximum absolute atomic E-state index is 10.5. The van der Waals surface area contributed by atoms with Gasteiger partial charge < -0.3 is 4.79 Å². The van der Waals surface area contributed by atoms with E-state index in [0.29, 0.717) is 6.42 Å². The lowest BCUT2D eigenvalue weighted by molar-refractivity contribution is -0.117. The number of carbonyl (C=O) groups excluding carboxylic acids is 1. The maximum atomic E-state index is 10.5. The first-order valence-corrected chi connectivity index (χ1v) is 3.16. The second-order valence-corrected chi connectivity index (χ2v) is 2.78. The van der Waals surface area contributed by atoms with Crippen LogP contribution in [0, 0.1) is 0 Å². The minimum atomic E-state index is 0.0612. The lowest BCUT2D eigenvalue weighted by Crippen LogP contribution is -2.12. The van der Waals surface area contributed by atoms with E-state index in [1.165, 1.54) is 0 Å². The highest BCUT2D eigenvalue weighted by Crippen LogP contribution is 2.15. The van der Waals surface area contributed by atoms with Gasteiger partial charge in [0, 0.05) is 6.42 Å². The Balaban J connectivity index is 2.12. The fourth-order valence-electron chi connectivity index (χ4n) is 0.658. The fraction of sp³-hybridized carbons (Fsp3) is 0.833. The molecule has 1 heterocycles. The molecular weight excluding hydrogens is 116 g/mol. The molecule has 0 saturated carbocycles. The van der Waals surface area contributed by atoms with Crippen molar-refractivity contribution in [3.05, 3.63) is 0 Å². The zero-order chi connectivity index (χ0) is 6.91. The van der Waals surface area contributed by atoms with Crippen LogP contribution in [-0.2, 0) is 4.79 Å². The molecule has 1 rings (SSSR count). The van der Waals surface area contributed by atoms with E-state index in [0.717, 1.165) is 6.42 Å². The van der Waals surface area contributed by atoms with Crippen molar-refractivity contribution in [3.63, 3.8) is 0 Å². The third kappa shape index (κ3) is 2.11. The van der Waals surface area contributed by atoms with Gasteiger partial charge in [0.05, 0.1) is 5.66 Å². The number of Topliss-reactive ketones (excluding diaryl/α,β-unsaturated/α-hetero) is 1. The van der Waals surface area contributed by atoms with Crippen LogP contribution < -0.4 is 10.9 Å². The SMILES string of the molecule is CC(=O)CCC1(C)NN1. The van der Waals surface area contributed by atoms with Crippen LogP contribution in [-0.4, -0.2) is 11.4 Å². The minimum Gasteiger partial charge on any atom is -0.300 e. The van der Waals surface area contributed by atoms with Crippen molar-refractivity contribution >= 4 is 5.78 Å². The van der Waals surface area contributed by atoms with Crippen molar-refractivity contribution < 1.29 is 4.79 Å². The molecule has 9 heavy (non-hydrogen) atoms. The molecule has 0 aromatic heterocycles. The number of rotatable bonds is 3. The van der Waals surface area contributed by atoms with E-state index in [-0.39, 0.29) is 11.4 Å². The quantitative estimate of drug-likeness (QED) is 0.533. The summed E-state index contributed by atoms with van der Waals surface area (Å²) in [4.78, 5) is 10.5. The van der Waals surface area contributed by atoms with Crippen LogP contribution in [0.3, 0.4) is 0 Å². The van der Waals surface area contributed by atoms with Gasteiger partial charge in [-0.1, -0.05) is 0 Å². The van der Waals surface area contributed by atoms with Crippen LogP contribution in [0.4, 0.5) is 0 Å². The Labute approximate surface area is 54.8 Å². The number of hydrogen-bond donors (Lipinski definition) is 2. The van der Waals surface area contributed by atoms with Crippen LogP contribution in [0.2, 0.25) is 0 Å². The Morgan fingerprint density at radius 1 is 1.56 bits per heavy atom. The zero-order valence-corrected chi connectivity index (χ0v) is 5.82. The lowest BCUT2D eigenvalue weighted by Gasteiger charge is -1.99. The third-order valence-corrected chi connectivity index (χ3v) is 1.53. The first kappa shape index (κ1) is 6.71. The average molecular weight is 128 g/mol. The van der Waals surface area contributed by atoms with E-state index in [2.05, 4.69) is 10.9 Å². The van der Waals surface area contributed by atoms with E-state index in [1.54, 1.807) is 6.92 Å². The van der Waals surface area contributed by atoms with Gasteiger partial charge in [0.2, 0.25) is 0 Å². The largest absolute Gasteiger partial charge is 0.300 e. The van der Waals surface area contributed by atoms with Gasteiger partial charge in [0.25, 0.3) is 0 Å². The molecule has 2 N–H and O–H groups in total. The summed E-state index contributed by atoms with van der Waals surface area (Å²) in [5.41, 5.74) is 5.99. The minimum absolute atomic E-state index is 0.0612. The molecule has 0 aliphatic carbocycles. The molecule has 0 aromatic carbocycles. The van der Waals surface area contributed by atoms with Gasteiger partial charge in [-0.3, -0.25) is 0 Å². The van der Waals surface area contributed by atoms with Gasteiger partial charge in [0.1, 0.15) is 5.78 Å². The summed E-state index contributed by atoms with van der Waals surface area (Å²) in [7, 11) is 0. The first-order valence-electron chi connectivity index (χ1n) is 3.16. The predicted octanol–water partition coefficient (Wildman–Crippen LogP) is 0.180. The third-order valence-electron chi connectivity index (χ3n) is 1.53. The Kier molecular flexibility index (Phi) is 1.55. The summed E-state index contributed by atoms with van der Waals surface area (Å²) < 4.78 is 0. The molecule has 0 aromatic rings. The summed E-state index contributed by atoms with van der Waals surface area (Å²) in [5.74, 6) is 0.256. The fourth-order valence-corrected chi connectivity index (χ4v) is 0.658. The van der Waals surface area contributed by atoms with E-state index in [9.17, 15) is 4.79 Å². The number of hydrogen-bond acceptors (Lipinski definition) is 3. The molecule has 0 radical (unpaired) electrons. The Morgan fingerprint density at radius 2 is 2.11 bits per heavy atom. The Morgan fingerprint density at radius 3 is 2.44 bits per heavy atom. The first-order chi connectivity index (χ1) is 4.12.